The number of nitrogens with zero attached hydrogens (tertiary/aromatic N) is 1. The van der Waals surface area contributed by atoms with E-state index in [1.807, 2.05) is 55.6 Å². The molecule has 0 bridgehead atoms. The van der Waals surface area contributed by atoms with Crippen LogP contribution in [0.4, 0.5) is 10.5 Å². The van der Waals surface area contributed by atoms with Crippen LogP contribution in [-0.2, 0) is 17.8 Å². The number of fused-ring (bicyclic) bond motifs is 2. The number of likely N-dealkylation sites (N-methyl/N-ethyl adjacent to an activating group) is 1. The van der Waals surface area contributed by atoms with Gasteiger partial charge in [0, 0.05) is 23.4 Å². The van der Waals surface area contributed by atoms with E-state index in [9.17, 15) is 9.59 Å². The van der Waals surface area contributed by atoms with Crippen molar-refractivity contribution in [2.75, 3.05) is 18.6 Å². The molecule has 4 aromatic rings. The van der Waals surface area contributed by atoms with Crippen molar-refractivity contribution in [3.8, 4) is 17.2 Å². The molecule has 0 radical (unpaired) electrons. The van der Waals surface area contributed by atoms with E-state index in [1.54, 1.807) is 6.07 Å². The Morgan fingerprint density at radius 2 is 1.70 bits per heavy atom. The van der Waals surface area contributed by atoms with Crippen molar-refractivity contribution in [1.29, 1.82) is 0 Å². The second kappa shape index (κ2) is 12.9. The second-order valence-electron chi connectivity index (χ2n) is 12.4. The molecule has 0 spiro atoms. The number of rotatable bonds is 10. The molecule has 2 unspecified atom stereocenters. The highest BCUT2D eigenvalue weighted by atomic mass is 32.2. The number of hydrogen-bond donors (Lipinski definition) is 1. The summed E-state index contributed by atoms with van der Waals surface area (Å²) in [4.78, 5) is 27.1. The van der Waals surface area contributed by atoms with Crippen LogP contribution in [0.25, 0.3) is 10.8 Å². The molecule has 0 aliphatic carbocycles. The Balaban J connectivity index is 1.21. The first-order valence-electron chi connectivity index (χ1n) is 15.7. The van der Waals surface area contributed by atoms with Crippen LogP contribution in [0.3, 0.4) is 0 Å². The standard InChI is InChI=1S/C38H40N2O5S/c1-23-24(2)34-30(25(3)33(23)43-21-27-12-8-7-9-13-27)18-19-38(5,45-34)20-29(39-6)22-44-35-31-15-11-10-14-28(31)16-17-32(35)40-36(41)26(4)46-37(40)42/h7-17,29,39H,4,18-22H2,1-3,5-6H3. The summed E-state index contributed by atoms with van der Waals surface area (Å²) in [5.74, 6) is 1.97. The van der Waals surface area contributed by atoms with Crippen LogP contribution in [0, 0.1) is 20.8 Å². The van der Waals surface area contributed by atoms with Gasteiger partial charge in [-0.25, -0.2) is 4.90 Å². The molecule has 4 aromatic carbocycles. The van der Waals surface area contributed by atoms with Gasteiger partial charge in [-0.3, -0.25) is 9.59 Å². The Labute approximate surface area is 274 Å². The van der Waals surface area contributed by atoms with Crippen LogP contribution in [0.15, 0.2) is 78.2 Å². The van der Waals surface area contributed by atoms with Crippen LogP contribution in [-0.4, -0.2) is 36.4 Å². The molecule has 2 heterocycles. The first kappa shape index (κ1) is 31.7. The zero-order chi connectivity index (χ0) is 32.6. The Kier molecular flexibility index (Phi) is 8.86. The van der Waals surface area contributed by atoms with Gasteiger partial charge in [-0.15, -0.1) is 0 Å². The maximum atomic E-state index is 12.9. The van der Waals surface area contributed by atoms with E-state index in [0.717, 1.165) is 74.0 Å². The number of anilines is 1. The van der Waals surface area contributed by atoms with E-state index in [4.69, 9.17) is 14.2 Å². The van der Waals surface area contributed by atoms with Crippen LogP contribution >= 0.6 is 11.8 Å². The zero-order valence-corrected chi connectivity index (χ0v) is 27.9. The van der Waals surface area contributed by atoms with Gasteiger partial charge in [0.15, 0.2) is 5.75 Å². The van der Waals surface area contributed by atoms with E-state index >= 15 is 0 Å². The summed E-state index contributed by atoms with van der Waals surface area (Å²) in [6.45, 7) is 13.1. The first-order chi connectivity index (χ1) is 22.1. The van der Waals surface area contributed by atoms with E-state index in [2.05, 4.69) is 51.7 Å². The zero-order valence-electron chi connectivity index (χ0n) is 27.1. The van der Waals surface area contributed by atoms with Crippen molar-refractivity contribution >= 4 is 39.4 Å². The molecule has 2 aliphatic heterocycles. The number of amides is 2. The minimum Gasteiger partial charge on any atom is -0.489 e. The van der Waals surface area contributed by atoms with Gasteiger partial charge < -0.3 is 19.5 Å². The maximum Gasteiger partial charge on any atom is 0.298 e. The summed E-state index contributed by atoms with van der Waals surface area (Å²) in [7, 11) is 1.92. The Morgan fingerprint density at radius 3 is 2.41 bits per heavy atom. The molecule has 1 N–H and O–H groups in total. The van der Waals surface area contributed by atoms with Gasteiger partial charge in [-0.2, -0.15) is 0 Å². The third kappa shape index (κ3) is 5.99. The second-order valence-corrected chi connectivity index (χ2v) is 13.5. The topological polar surface area (TPSA) is 77.1 Å². The van der Waals surface area contributed by atoms with Crippen molar-refractivity contribution in [1.82, 2.24) is 5.32 Å². The fourth-order valence-electron chi connectivity index (χ4n) is 6.49. The molecule has 0 saturated carbocycles. The average Bonchev–Trinajstić information content (AvgIpc) is 3.31. The lowest BCUT2D eigenvalue weighted by Gasteiger charge is -2.40. The SMILES string of the molecule is C=C1SC(=O)N(c2ccc3ccccc3c2OCC(CC2(C)CCc3c(C)c(OCc4ccccc4)c(C)c(C)c3O2)NC)C1=O. The minimum atomic E-state index is -0.434. The van der Waals surface area contributed by atoms with Crippen LogP contribution in [0.2, 0.25) is 0 Å². The Bertz CT molecular complexity index is 1840. The summed E-state index contributed by atoms with van der Waals surface area (Å²) < 4.78 is 19.8. The van der Waals surface area contributed by atoms with Crippen molar-refractivity contribution in [2.45, 2.75) is 65.2 Å². The van der Waals surface area contributed by atoms with Gasteiger partial charge in [-0.1, -0.05) is 67.2 Å². The van der Waals surface area contributed by atoms with Gasteiger partial charge >= 0.3 is 0 Å². The highest BCUT2D eigenvalue weighted by molar-refractivity contribution is 8.18. The summed E-state index contributed by atoms with van der Waals surface area (Å²) in [5.41, 5.74) is 5.68. The van der Waals surface area contributed by atoms with Crippen LogP contribution < -0.4 is 24.4 Å². The van der Waals surface area contributed by atoms with E-state index in [0.29, 0.717) is 31.1 Å². The number of imide groups is 1. The Morgan fingerprint density at radius 1 is 0.957 bits per heavy atom. The van der Waals surface area contributed by atoms with Gasteiger partial charge in [0.05, 0.1) is 10.6 Å². The highest BCUT2D eigenvalue weighted by Crippen LogP contribution is 2.46. The smallest absolute Gasteiger partial charge is 0.298 e. The predicted molar refractivity (Wildman–Crippen MR) is 185 cm³/mol. The molecule has 46 heavy (non-hydrogen) atoms. The maximum absolute atomic E-state index is 12.9. The molecule has 0 aromatic heterocycles. The van der Waals surface area contributed by atoms with Crippen molar-refractivity contribution in [2.24, 2.45) is 0 Å². The van der Waals surface area contributed by atoms with Crippen molar-refractivity contribution < 1.29 is 23.8 Å². The fourth-order valence-corrected chi connectivity index (χ4v) is 7.15. The first-order valence-corrected chi connectivity index (χ1v) is 16.5. The molecule has 1 fully saturated rings. The van der Waals surface area contributed by atoms with E-state index in [-0.39, 0.29) is 16.2 Å². The molecular weight excluding hydrogens is 596 g/mol. The summed E-state index contributed by atoms with van der Waals surface area (Å²) in [6, 6.07) is 21.6. The molecule has 238 valence electrons. The lowest BCUT2D eigenvalue weighted by Crippen LogP contribution is -2.45. The van der Waals surface area contributed by atoms with Gasteiger partial charge in [0.2, 0.25) is 0 Å². The third-order valence-electron chi connectivity index (χ3n) is 9.24. The van der Waals surface area contributed by atoms with Gasteiger partial charge in [0.1, 0.15) is 30.3 Å². The molecule has 2 aliphatic rings. The molecule has 7 nitrogen and oxygen atoms in total. The minimum absolute atomic E-state index is 0.0660. The van der Waals surface area contributed by atoms with Crippen LogP contribution in [0.1, 0.15) is 47.6 Å². The largest absolute Gasteiger partial charge is 0.489 e. The number of carbonyl (C=O) groups excluding carboxylic acids is 2. The molecule has 1 saturated heterocycles. The quantitative estimate of drug-likeness (QED) is 0.176. The molecule has 6 rings (SSSR count). The molecule has 2 atom stereocenters. The summed E-state index contributed by atoms with van der Waals surface area (Å²) in [6.07, 6.45) is 2.42. The van der Waals surface area contributed by atoms with Gasteiger partial charge in [0.25, 0.3) is 11.1 Å². The van der Waals surface area contributed by atoms with E-state index in [1.165, 1.54) is 5.56 Å². The van der Waals surface area contributed by atoms with Crippen molar-refractivity contribution in [3.63, 3.8) is 0 Å². The normalized spacial score (nSPS) is 18.5. The molecular formula is C38H40N2O5S. The van der Waals surface area contributed by atoms with Gasteiger partial charge in [-0.05, 0) is 93.1 Å². The van der Waals surface area contributed by atoms with Crippen molar-refractivity contribution in [3.05, 3.63) is 106 Å². The number of carbonyl (C=O) groups is 2. The average molecular weight is 637 g/mol. The summed E-state index contributed by atoms with van der Waals surface area (Å²) in [5, 5.41) is 4.83. The third-order valence-corrected chi connectivity index (χ3v) is 10.0. The fraction of sp³-hybridized carbons (Fsp3) is 0.316. The highest BCUT2D eigenvalue weighted by Gasteiger charge is 2.39. The number of nitrogens with one attached hydrogen (secondary N) is 1. The molecule has 8 heteroatoms. The molecule has 2 amide bonds. The monoisotopic (exact) mass is 636 g/mol. The number of hydrogen-bond acceptors (Lipinski definition) is 7. The number of thioether (sulfide) groups is 1. The lowest BCUT2D eigenvalue weighted by molar-refractivity contribution is -0.113. The lowest BCUT2D eigenvalue weighted by atomic mass is 9.84. The van der Waals surface area contributed by atoms with E-state index < -0.39 is 11.5 Å². The van der Waals surface area contributed by atoms with Crippen LogP contribution in [0.5, 0.6) is 17.2 Å². The predicted octanol–water partition coefficient (Wildman–Crippen LogP) is 8.20. The Hall–Kier alpha value is -4.27. The number of benzene rings is 4. The summed E-state index contributed by atoms with van der Waals surface area (Å²) >= 11 is 0.848. The number of ether oxygens (including phenoxy) is 3.